The van der Waals surface area contributed by atoms with Crippen LogP contribution in [0.25, 0.3) is 0 Å². The average molecular weight is 334 g/mol. The van der Waals surface area contributed by atoms with Gasteiger partial charge in [0.25, 0.3) is 17.8 Å². The Hall–Kier alpha value is -1.74. The van der Waals surface area contributed by atoms with Gasteiger partial charge in [0.1, 0.15) is 0 Å². The molecule has 0 amide bonds. The van der Waals surface area contributed by atoms with Crippen molar-refractivity contribution in [2.24, 2.45) is 0 Å². The van der Waals surface area contributed by atoms with Crippen LogP contribution in [0.2, 0.25) is 0 Å². The Labute approximate surface area is 114 Å². The molecular formula is C6H11O10Zr. The molecule has 0 aromatic heterocycles. The summed E-state index contributed by atoms with van der Waals surface area (Å²) < 4.78 is 0. The molecule has 0 saturated carbocycles. The topological polar surface area (TPSA) is 222 Å². The van der Waals surface area contributed by atoms with Crippen LogP contribution < -0.4 is 15.3 Å². The minimum absolute atomic E-state index is 0. The molecule has 8 N–H and O–H groups in total. The molecule has 0 spiro atoms. The molecule has 11 heteroatoms. The van der Waals surface area contributed by atoms with Crippen molar-refractivity contribution in [3.05, 3.63) is 36.6 Å². The minimum Gasteiger partial charge on any atom is -0.873 e. The molecule has 0 aliphatic heterocycles. The fraction of sp³-hybridized carbons (Fsp3) is 0. The first-order chi connectivity index (χ1) is 6.81. The third-order valence-electron chi connectivity index (χ3n) is 0.316. The first-order valence-electron chi connectivity index (χ1n) is 2.91. The number of hydrogen-bond donors (Lipinski definition) is 6. The Kier molecular flexibility index (Phi) is 41.3. The van der Waals surface area contributed by atoms with Crippen LogP contribution in [0.1, 0.15) is 0 Å². The zero-order valence-corrected chi connectivity index (χ0v) is 10.6. The van der Waals surface area contributed by atoms with Crippen LogP contribution in [0.5, 0.6) is 0 Å². The van der Waals surface area contributed by atoms with Crippen molar-refractivity contribution in [1.82, 2.24) is 0 Å². The fourth-order valence-corrected chi connectivity index (χ4v) is 0. The maximum absolute atomic E-state index is 8.97. The number of aliphatic hydroxyl groups excluding tert-OH is 3. The van der Waals surface area contributed by atoms with Gasteiger partial charge >= 0.3 is 26.2 Å². The second kappa shape index (κ2) is 23.8. The predicted octanol–water partition coefficient (Wildman–Crippen LogP) is -3.04. The van der Waals surface area contributed by atoms with Crippen LogP contribution in [-0.4, -0.2) is 36.1 Å². The monoisotopic (exact) mass is 333 g/mol. The molecule has 0 aliphatic rings. The van der Waals surface area contributed by atoms with Gasteiger partial charge in [-0.05, 0) is 0 Å². The van der Waals surface area contributed by atoms with Crippen molar-refractivity contribution in [3.8, 4) is 0 Å². The van der Waals surface area contributed by atoms with Gasteiger partial charge in [-0.1, -0.05) is 18.8 Å². The third-order valence-corrected chi connectivity index (χ3v) is 0.316. The molecule has 0 atom stereocenters. The summed E-state index contributed by atoms with van der Waals surface area (Å²) in [6, 6.07) is 0. The molecule has 0 rings (SSSR count). The van der Waals surface area contributed by atoms with Crippen LogP contribution in [0.3, 0.4) is 0 Å². The number of hydrogen-bond acceptors (Lipinski definition) is 9. The van der Waals surface area contributed by atoms with Crippen molar-refractivity contribution in [1.29, 1.82) is 0 Å². The van der Waals surface area contributed by atoms with Gasteiger partial charge in [0.2, 0.25) is 0 Å². The Bertz CT molecular complexity index is 173. The van der Waals surface area contributed by atoms with E-state index in [1.54, 1.807) is 0 Å². The summed E-state index contributed by atoms with van der Waals surface area (Å²) in [6.45, 7) is 0. The van der Waals surface area contributed by atoms with E-state index >= 15 is 0 Å². The van der Waals surface area contributed by atoms with Crippen molar-refractivity contribution < 1.29 is 77.6 Å². The van der Waals surface area contributed by atoms with Gasteiger partial charge < -0.3 is 51.4 Å². The molecule has 1 radical (unpaired) electrons. The van der Waals surface area contributed by atoms with Gasteiger partial charge in [-0.2, -0.15) is 0 Å². The molecule has 0 aromatic carbocycles. The molecule has 0 aliphatic carbocycles. The first kappa shape index (κ1) is 29.5. The zero-order chi connectivity index (χ0) is 12.9. The molecule has 10 nitrogen and oxygen atoms in total. The van der Waals surface area contributed by atoms with Crippen LogP contribution in [0.15, 0.2) is 36.6 Å². The van der Waals surface area contributed by atoms with E-state index in [0.29, 0.717) is 0 Å². The molecule has 17 heavy (non-hydrogen) atoms. The van der Waals surface area contributed by atoms with Gasteiger partial charge in [-0.25, -0.2) is 0 Å². The normalized spacial score (nSPS) is 5.65. The summed E-state index contributed by atoms with van der Waals surface area (Å²) in [7, 11) is 0. The van der Waals surface area contributed by atoms with Crippen molar-refractivity contribution >= 4 is 0 Å². The van der Waals surface area contributed by atoms with Gasteiger partial charge in [-0.3, -0.25) is 0 Å². The summed E-state index contributed by atoms with van der Waals surface area (Å²) >= 11 is 0. The maximum Gasteiger partial charge on any atom is 3.00 e. The molecular weight excluding hydrogens is 323 g/mol. The van der Waals surface area contributed by atoms with E-state index in [4.69, 9.17) is 46.0 Å². The van der Waals surface area contributed by atoms with E-state index in [-0.39, 0.29) is 50.5 Å². The molecule has 0 heterocycles. The van der Waals surface area contributed by atoms with E-state index < -0.39 is 17.8 Å². The van der Waals surface area contributed by atoms with Crippen LogP contribution >= 0.6 is 0 Å². The van der Waals surface area contributed by atoms with E-state index in [9.17, 15) is 0 Å². The number of rotatable bonds is 0. The molecule has 99 valence electrons. The van der Waals surface area contributed by atoms with Crippen molar-refractivity contribution in [2.45, 2.75) is 0 Å². The Morgan fingerprint density at radius 3 is 0.647 bits per heavy atom. The van der Waals surface area contributed by atoms with E-state index in [1.165, 1.54) is 0 Å². The molecule has 0 unspecified atom stereocenters. The molecule has 0 fully saturated rings. The summed E-state index contributed by atoms with van der Waals surface area (Å²) in [6.07, 6.45) is -0.167. The maximum atomic E-state index is 8.97. The molecule has 0 bridgehead atoms. The standard InChI is InChI=1S/3C2H4O3.H2O.Zr/c3*3-1-2(4)5;;/h3*1,3-5H;1H2;/q;;;;+3/p-3. The summed E-state index contributed by atoms with van der Waals surface area (Å²) in [5, 5.41) is 71.7. The average Bonchev–Trinajstić information content (AvgIpc) is 2.19. The number of aliphatic hydroxyl groups is 6. The summed E-state index contributed by atoms with van der Waals surface area (Å²) in [5.41, 5.74) is 0. The molecule has 0 saturated heterocycles. The smallest absolute Gasteiger partial charge is 0.873 e. The van der Waals surface area contributed by atoms with Crippen LogP contribution in [0, 0.1) is 0 Å². The van der Waals surface area contributed by atoms with E-state index in [0.717, 1.165) is 0 Å². The second-order valence-corrected chi connectivity index (χ2v) is 1.43. The van der Waals surface area contributed by atoms with Gasteiger partial charge in [-0.15, -0.1) is 0 Å². The van der Waals surface area contributed by atoms with Crippen molar-refractivity contribution in [2.75, 3.05) is 0 Å². The minimum atomic E-state index is -1.18. The fourth-order valence-electron chi connectivity index (χ4n) is 0. The summed E-state index contributed by atoms with van der Waals surface area (Å²) in [5.74, 6) is -3.53. The largest absolute Gasteiger partial charge is 3.00 e. The van der Waals surface area contributed by atoms with E-state index in [2.05, 4.69) is 0 Å². The first-order valence-corrected chi connectivity index (χ1v) is 2.91. The van der Waals surface area contributed by atoms with Crippen molar-refractivity contribution in [3.63, 3.8) is 0 Å². The second-order valence-electron chi connectivity index (χ2n) is 1.43. The Morgan fingerprint density at radius 1 is 0.588 bits per heavy atom. The molecule has 0 aromatic rings. The quantitative estimate of drug-likeness (QED) is 0.247. The summed E-state index contributed by atoms with van der Waals surface area (Å²) in [4.78, 5) is 0. The predicted molar refractivity (Wildman–Crippen MR) is 43.6 cm³/mol. The third kappa shape index (κ3) is 118. The van der Waals surface area contributed by atoms with Crippen LogP contribution in [0.4, 0.5) is 0 Å². The Balaban J connectivity index is -0.0000000400. The SMILES string of the molecule is O.[O-]C=C(O)O.[O-]C=C(O)O.[O-]C=C(O)O.[Zr+3]. The van der Waals surface area contributed by atoms with E-state index in [1.807, 2.05) is 0 Å². The van der Waals surface area contributed by atoms with Crippen LogP contribution in [-0.2, 0) is 26.2 Å². The van der Waals surface area contributed by atoms with Gasteiger partial charge in [0.05, 0.1) is 0 Å². The van der Waals surface area contributed by atoms with Gasteiger partial charge in [0.15, 0.2) is 0 Å². The van der Waals surface area contributed by atoms with Gasteiger partial charge in [0, 0.05) is 0 Å². The zero-order valence-electron chi connectivity index (χ0n) is 8.14. The Morgan fingerprint density at radius 2 is 0.647 bits per heavy atom.